The van der Waals surface area contributed by atoms with Crippen LogP contribution in [0.1, 0.15) is 40.7 Å². The highest BCUT2D eigenvalue weighted by atomic mass is 79.9. The Morgan fingerprint density at radius 2 is 1.73 bits per heavy atom. The minimum absolute atomic E-state index is 0.104. The largest absolute Gasteiger partial charge is 0.343 e. The maximum absolute atomic E-state index is 13.6. The molecule has 0 spiro atoms. The Balaban J connectivity index is 1.53. The van der Waals surface area contributed by atoms with Crippen LogP contribution in [0, 0.1) is 0 Å². The summed E-state index contributed by atoms with van der Waals surface area (Å²) in [7, 11) is 0. The standard InChI is InChI=1S/C26H20BrN3O2S/c27-17-10-8-15(9-11-17)22-23-19(13-16(14-20(23)31)21-7-4-12-33-21)28-25-24(22)26(32)30(29-25)18-5-2-1-3-6-18/h1-12,16,22,28-29H,13-14H2/t16-,22-/m1/s1. The Bertz CT molecular complexity index is 1430. The Labute approximate surface area is 202 Å². The third-order valence-corrected chi connectivity index (χ3v) is 8.01. The lowest BCUT2D eigenvalue weighted by molar-refractivity contribution is -0.116. The fourth-order valence-electron chi connectivity index (χ4n) is 4.96. The van der Waals surface area contributed by atoms with Crippen molar-refractivity contribution in [3.05, 3.63) is 114 Å². The van der Waals surface area contributed by atoms with E-state index in [-0.39, 0.29) is 17.3 Å². The van der Waals surface area contributed by atoms with E-state index < -0.39 is 5.92 Å². The molecule has 1 aliphatic carbocycles. The van der Waals surface area contributed by atoms with Crippen LogP contribution in [0.2, 0.25) is 0 Å². The number of aromatic amines is 1. The summed E-state index contributed by atoms with van der Waals surface area (Å²) in [6.45, 7) is 0. The van der Waals surface area contributed by atoms with Crippen LogP contribution in [0.3, 0.4) is 0 Å². The van der Waals surface area contributed by atoms with Gasteiger partial charge in [0.05, 0.1) is 11.3 Å². The first kappa shape index (κ1) is 20.4. The quantitative estimate of drug-likeness (QED) is 0.353. The number of hydrogen-bond donors (Lipinski definition) is 2. The number of carbonyl (C=O) groups excluding carboxylic acids is 1. The molecule has 0 fully saturated rings. The molecule has 164 valence electrons. The van der Waals surface area contributed by atoms with Crippen molar-refractivity contribution >= 4 is 38.9 Å². The van der Waals surface area contributed by atoms with Crippen LogP contribution in [-0.2, 0) is 4.79 Å². The molecule has 7 heteroatoms. The predicted molar refractivity (Wildman–Crippen MR) is 134 cm³/mol. The third kappa shape index (κ3) is 3.43. The highest BCUT2D eigenvalue weighted by Crippen LogP contribution is 2.47. The van der Waals surface area contributed by atoms with Gasteiger partial charge in [-0.05, 0) is 47.7 Å². The van der Waals surface area contributed by atoms with Gasteiger partial charge < -0.3 is 5.32 Å². The number of rotatable bonds is 3. The number of nitrogens with zero attached hydrogens (tertiary/aromatic N) is 1. The van der Waals surface area contributed by atoms with Crippen molar-refractivity contribution in [3.8, 4) is 5.69 Å². The maximum atomic E-state index is 13.6. The number of fused-ring (bicyclic) bond motifs is 1. The lowest BCUT2D eigenvalue weighted by Gasteiger charge is -2.34. The number of anilines is 1. The smallest absolute Gasteiger partial charge is 0.277 e. The predicted octanol–water partition coefficient (Wildman–Crippen LogP) is 5.95. The second kappa shape index (κ2) is 8.01. The van der Waals surface area contributed by atoms with E-state index in [4.69, 9.17) is 0 Å². The van der Waals surface area contributed by atoms with Crippen molar-refractivity contribution in [2.45, 2.75) is 24.7 Å². The van der Waals surface area contributed by atoms with Gasteiger partial charge in [-0.1, -0.05) is 52.3 Å². The lowest BCUT2D eigenvalue weighted by atomic mass is 9.74. The molecule has 5 nitrogen and oxygen atoms in total. The van der Waals surface area contributed by atoms with E-state index in [1.165, 1.54) is 4.88 Å². The molecule has 1 aliphatic heterocycles. The van der Waals surface area contributed by atoms with E-state index >= 15 is 0 Å². The first-order chi connectivity index (χ1) is 16.1. The van der Waals surface area contributed by atoms with Crippen molar-refractivity contribution in [3.63, 3.8) is 0 Å². The molecular weight excluding hydrogens is 498 g/mol. The van der Waals surface area contributed by atoms with Crippen LogP contribution in [0.5, 0.6) is 0 Å². The van der Waals surface area contributed by atoms with Crippen LogP contribution < -0.4 is 10.9 Å². The first-order valence-corrected chi connectivity index (χ1v) is 12.5. The number of para-hydroxylation sites is 1. The third-order valence-electron chi connectivity index (χ3n) is 6.45. The number of thiophene rings is 1. The number of Topliss-reactive ketones (excluding diaryl/α,β-unsaturated/α-hetero) is 1. The zero-order chi connectivity index (χ0) is 22.5. The molecule has 2 aliphatic rings. The van der Waals surface area contributed by atoms with Gasteiger partial charge in [-0.25, -0.2) is 4.68 Å². The molecule has 2 aromatic carbocycles. The number of nitrogens with one attached hydrogen (secondary N) is 2. The van der Waals surface area contributed by atoms with Crippen LogP contribution >= 0.6 is 27.3 Å². The number of ketones is 1. The van der Waals surface area contributed by atoms with Crippen LogP contribution in [0.4, 0.5) is 5.82 Å². The van der Waals surface area contributed by atoms with Crippen molar-refractivity contribution < 1.29 is 4.79 Å². The average molecular weight is 518 g/mol. The van der Waals surface area contributed by atoms with Gasteiger partial charge >= 0.3 is 0 Å². The lowest BCUT2D eigenvalue weighted by Crippen LogP contribution is -2.31. The molecule has 0 amide bonds. The normalized spacial score (nSPS) is 19.7. The van der Waals surface area contributed by atoms with Crippen molar-refractivity contribution in [2.24, 2.45) is 0 Å². The second-order valence-corrected chi connectivity index (χ2v) is 10.3. The molecule has 0 unspecified atom stereocenters. The summed E-state index contributed by atoms with van der Waals surface area (Å²) in [5.74, 6) is 0.511. The Kier molecular flexibility index (Phi) is 4.96. The number of H-pyrrole nitrogens is 1. The summed E-state index contributed by atoms with van der Waals surface area (Å²) >= 11 is 5.19. The molecule has 2 N–H and O–H groups in total. The molecule has 33 heavy (non-hydrogen) atoms. The SMILES string of the molecule is O=C1C[C@H](c2cccs2)CC2=C1[C@@H](c1ccc(Br)cc1)c1c([nH]n(-c3ccccc3)c1=O)N2. The fraction of sp³-hybridized carbons (Fsp3) is 0.154. The zero-order valence-electron chi connectivity index (χ0n) is 17.5. The molecule has 0 radical (unpaired) electrons. The number of hydrogen-bond acceptors (Lipinski definition) is 4. The van der Waals surface area contributed by atoms with Gasteiger partial charge in [0, 0.05) is 38.9 Å². The van der Waals surface area contributed by atoms with Crippen molar-refractivity contribution in [1.29, 1.82) is 0 Å². The van der Waals surface area contributed by atoms with Crippen LogP contribution in [0.15, 0.2) is 92.6 Å². The summed E-state index contributed by atoms with van der Waals surface area (Å²) in [5, 5.41) is 8.76. The van der Waals surface area contributed by atoms with Crippen LogP contribution in [0.25, 0.3) is 5.69 Å². The molecule has 4 aromatic rings. The van der Waals surface area contributed by atoms with Gasteiger partial charge in [-0.2, -0.15) is 0 Å². The van der Waals surface area contributed by atoms with Gasteiger partial charge in [0.1, 0.15) is 5.82 Å². The average Bonchev–Trinajstić information content (AvgIpc) is 3.48. The Morgan fingerprint density at radius 3 is 2.45 bits per heavy atom. The van der Waals surface area contributed by atoms with E-state index in [0.29, 0.717) is 23.4 Å². The highest BCUT2D eigenvalue weighted by Gasteiger charge is 2.41. The number of aromatic nitrogens is 2. The fourth-order valence-corrected chi connectivity index (χ4v) is 6.06. The number of carbonyl (C=O) groups is 1. The zero-order valence-corrected chi connectivity index (χ0v) is 19.9. The van der Waals surface area contributed by atoms with E-state index in [0.717, 1.165) is 27.8 Å². The van der Waals surface area contributed by atoms with E-state index in [2.05, 4.69) is 37.8 Å². The van der Waals surface area contributed by atoms with E-state index in [1.54, 1.807) is 16.0 Å². The summed E-state index contributed by atoms with van der Waals surface area (Å²) in [6, 6.07) is 21.5. The minimum Gasteiger partial charge on any atom is -0.343 e. The van der Waals surface area contributed by atoms with Gasteiger partial charge in [0.2, 0.25) is 0 Å². The molecule has 0 saturated heterocycles. The summed E-state index contributed by atoms with van der Waals surface area (Å²) in [5.41, 5.74) is 3.77. The summed E-state index contributed by atoms with van der Waals surface area (Å²) in [6.07, 6.45) is 1.20. The Hall–Kier alpha value is -3.16. The number of benzene rings is 2. The highest BCUT2D eigenvalue weighted by molar-refractivity contribution is 9.10. The van der Waals surface area contributed by atoms with Gasteiger partial charge in [0.15, 0.2) is 5.78 Å². The van der Waals surface area contributed by atoms with Gasteiger partial charge in [-0.15, -0.1) is 11.3 Å². The van der Waals surface area contributed by atoms with Crippen LogP contribution in [-0.4, -0.2) is 15.6 Å². The first-order valence-electron chi connectivity index (χ1n) is 10.8. The molecule has 2 atom stereocenters. The van der Waals surface area contributed by atoms with E-state index in [9.17, 15) is 9.59 Å². The number of allylic oxidation sites excluding steroid dienone is 2. The topological polar surface area (TPSA) is 66.9 Å². The maximum Gasteiger partial charge on any atom is 0.277 e. The van der Waals surface area contributed by atoms with Gasteiger partial charge in [0.25, 0.3) is 5.56 Å². The minimum atomic E-state index is -0.408. The monoisotopic (exact) mass is 517 g/mol. The second-order valence-electron chi connectivity index (χ2n) is 8.42. The summed E-state index contributed by atoms with van der Waals surface area (Å²) in [4.78, 5) is 28.4. The molecule has 0 saturated carbocycles. The molecule has 6 rings (SSSR count). The molecule has 2 aromatic heterocycles. The summed E-state index contributed by atoms with van der Waals surface area (Å²) < 4.78 is 2.52. The Morgan fingerprint density at radius 1 is 0.939 bits per heavy atom. The van der Waals surface area contributed by atoms with E-state index in [1.807, 2.05) is 60.7 Å². The van der Waals surface area contributed by atoms with Crippen molar-refractivity contribution in [2.75, 3.05) is 5.32 Å². The van der Waals surface area contributed by atoms with Gasteiger partial charge in [-0.3, -0.25) is 14.7 Å². The molecular formula is C26H20BrN3O2S. The number of halogens is 1. The van der Waals surface area contributed by atoms with Crippen molar-refractivity contribution in [1.82, 2.24) is 9.78 Å². The molecule has 0 bridgehead atoms. The molecule has 3 heterocycles.